The molecule has 0 radical (unpaired) electrons. The maximum absolute atomic E-state index is 10.4. The molecule has 1 rings (SSSR count). The molecule has 0 bridgehead atoms. The van der Waals surface area contributed by atoms with E-state index < -0.39 is 5.24 Å². The average Bonchev–Trinajstić information content (AvgIpc) is 1.90. The maximum atomic E-state index is 10.4. The summed E-state index contributed by atoms with van der Waals surface area (Å²) in [6, 6.07) is 8.74. The van der Waals surface area contributed by atoms with Gasteiger partial charge in [0.05, 0.1) is 0 Å². The summed E-state index contributed by atoms with van der Waals surface area (Å²) < 4.78 is 0. The molecule has 1 aromatic rings. The lowest BCUT2D eigenvalue weighted by atomic mass is 10.2. The monoisotopic (exact) mass is 220 g/mol. The van der Waals surface area contributed by atoms with Crippen LogP contribution in [0.25, 0.3) is 0 Å². The van der Waals surface area contributed by atoms with Crippen LogP contribution in [-0.4, -0.2) is 5.24 Å². The van der Waals surface area contributed by atoms with E-state index in [9.17, 15) is 4.79 Å². The second kappa shape index (κ2) is 4.47. The van der Waals surface area contributed by atoms with Crippen molar-refractivity contribution in [1.29, 1.82) is 0 Å². The van der Waals surface area contributed by atoms with E-state index in [-0.39, 0.29) is 17.0 Å². The first-order valence-electron chi connectivity index (χ1n) is 2.55. The summed E-state index contributed by atoms with van der Waals surface area (Å²) in [4.78, 5) is 10.4. The van der Waals surface area contributed by atoms with Gasteiger partial charge in [-0.2, -0.15) is 0 Å². The summed E-state index contributed by atoms with van der Waals surface area (Å²) in [7, 11) is 0. The van der Waals surface area contributed by atoms with E-state index in [0.717, 1.165) is 0 Å². The van der Waals surface area contributed by atoms with E-state index in [1.807, 2.05) is 6.07 Å². The smallest absolute Gasteiger partial charge is 0.252 e. The predicted molar refractivity (Wildman–Crippen MR) is 46.9 cm³/mol. The summed E-state index contributed by atoms with van der Waals surface area (Å²) in [5.41, 5.74) is 0.541. The van der Waals surface area contributed by atoms with Gasteiger partial charge in [0.25, 0.3) is 5.24 Å². The van der Waals surface area contributed by atoms with E-state index >= 15 is 0 Å². The van der Waals surface area contributed by atoms with Crippen molar-refractivity contribution in [2.75, 3.05) is 0 Å². The summed E-state index contributed by atoms with van der Waals surface area (Å²) in [6.07, 6.45) is 0. The highest BCUT2D eigenvalue weighted by Crippen LogP contribution is 2.01. The number of hydrogen-bond donors (Lipinski definition) is 0. The zero-order chi connectivity index (χ0) is 6.69. The lowest BCUT2D eigenvalue weighted by Crippen LogP contribution is -1.84. The fourth-order valence-corrected chi connectivity index (χ4v) is 0.695. The van der Waals surface area contributed by atoms with Gasteiger partial charge < -0.3 is 0 Å². The lowest BCUT2D eigenvalue weighted by Gasteiger charge is -1.87. The van der Waals surface area contributed by atoms with E-state index in [1.165, 1.54) is 0 Å². The highest BCUT2D eigenvalue weighted by Gasteiger charge is 1.95. The highest BCUT2D eigenvalue weighted by atomic mass is 79.9. The van der Waals surface area contributed by atoms with Crippen LogP contribution in [0.3, 0.4) is 0 Å². The van der Waals surface area contributed by atoms with Crippen LogP contribution in [-0.2, 0) is 0 Å². The molecule has 3 heteroatoms. The molecule has 0 spiro atoms. The second-order valence-electron chi connectivity index (χ2n) is 1.64. The van der Waals surface area contributed by atoms with Crippen molar-refractivity contribution in [1.82, 2.24) is 0 Å². The van der Waals surface area contributed by atoms with Crippen molar-refractivity contribution in [3.63, 3.8) is 0 Å². The molecule has 0 aliphatic heterocycles. The van der Waals surface area contributed by atoms with Crippen LogP contribution in [0.4, 0.5) is 0 Å². The fraction of sp³-hybridized carbons (Fsp3) is 0. The number of hydrogen-bond acceptors (Lipinski definition) is 1. The number of rotatable bonds is 1. The van der Waals surface area contributed by atoms with Gasteiger partial charge in [-0.3, -0.25) is 4.79 Å². The molecule has 0 unspecified atom stereocenters. The molecule has 1 aromatic carbocycles. The minimum absolute atomic E-state index is 0. The third kappa shape index (κ3) is 2.50. The van der Waals surface area contributed by atoms with Gasteiger partial charge >= 0.3 is 0 Å². The maximum Gasteiger partial charge on any atom is 0.252 e. The van der Waals surface area contributed by atoms with Crippen molar-refractivity contribution in [3.8, 4) is 0 Å². The van der Waals surface area contributed by atoms with E-state index in [4.69, 9.17) is 11.6 Å². The van der Waals surface area contributed by atoms with Gasteiger partial charge in [0, 0.05) is 5.56 Å². The van der Waals surface area contributed by atoms with Crippen LogP contribution in [0.1, 0.15) is 10.4 Å². The molecule has 0 N–H and O–H groups in total. The summed E-state index contributed by atoms with van der Waals surface area (Å²) >= 11 is 5.16. The van der Waals surface area contributed by atoms with Gasteiger partial charge in [-0.15, -0.1) is 17.0 Å². The Morgan fingerprint density at radius 1 is 1.20 bits per heavy atom. The van der Waals surface area contributed by atoms with Crippen molar-refractivity contribution in [2.24, 2.45) is 0 Å². The normalized spacial score (nSPS) is 8.10. The standard InChI is InChI=1S/C7H5ClO.BrH/c8-7(9)6-4-2-1-3-5-6;/h1-5H;1H. The molecule has 0 saturated heterocycles. The molecule has 0 fully saturated rings. The molecular formula is C7H6BrClO. The number of halogens is 2. The molecule has 0 aliphatic rings. The minimum Gasteiger partial charge on any atom is -0.276 e. The third-order valence-corrected chi connectivity index (χ3v) is 1.22. The second-order valence-corrected chi connectivity index (χ2v) is 1.98. The first kappa shape index (κ1) is 9.66. The Labute approximate surface area is 74.8 Å². The SMILES string of the molecule is Br.O=C(Cl)c1ccccc1. The Morgan fingerprint density at radius 3 is 2.00 bits per heavy atom. The number of carbonyl (C=O) groups excluding carboxylic acids is 1. The fourth-order valence-electron chi connectivity index (χ4n) is 0.569. The largest absolute Gasteiger partial charge is 0.276 e. The molecule has 0 aliphatic carbocycles. The molecule has 54 valence electrons. The van der Waals surface area contributed by atoms with Gasteiger partial charge in [0.2, 0.25) is 0 Å². The van der Waals surface area contributed by atoms with Gasteiger partial charge in [0.1, 0.15) is 0 Å². The van der Waals surface area contributed by atoms with E-state index in [1.54, 1.807) is 24.3 Å². The lowest BCUT2D eigenvalue weighted by molar-refractivity contribution is 0.108. The van der Waals surface area contributed by atoms with Crippen molar-refractivity contribution in [3.05, 3.63) is 35.9 Å². The van der Waals surface area contributed by atoms with Crippen LogP contribution in [0.2, 0.25) is 0 Å². The van der Waals surface area contributed by atoms with Crippen LogP contribution in [0.15, 0.2) is 30.3 Å². The van der Waals surface area contributed by atoms with Gasteiger partial charge in [-0.1, -0.05) is 30.3 Å². The molecule has 0 atom stereocenters. The first-order chi connectivity index (χ1) is 4.30. The Kier molecular flexibility index (Phi) is 4.32. The molecule has 0 aromatic heterocycles. The zero-order valence-electron chi connectivity index (χ0n) is 5.08. The van der Waals surface area contributed by atoms with Crippen molar-refractivity contribution >= 4 is 33.8 Å². The zero-order valence-corrected chi connectivity index (χ0v) is 7.55. The van der Waals surface area contributed by atoms with Gasteiger partial charge in [-0.05, 0) is 11.6 Å². The summed E-state index contributed by atoms with van der Waals surface area (Å²) in [5, 5.41) is -0.407. The summed E-state index contributed by atoms with van der Waals surface area (Å²) in [5.74, 6) is 0. The Bertz CT molecular complexity index is 210. The van der Waals surface area contributed by atoms with E-state index in [0.29, 0.717) is 5.56 Å². The quantitative estimate of drug-likeness (QED) is 0.666. The Morgan fingerprint density at radius 2 is 1.70 bits per heavy atom. The van der Waals surface area contributed by atoms with Gasteiger partial charge in [-0.25, -0.2) is 0 Å². The molecular weight excluding hydrogens is 215 g/mol. The average molecular weight is 221 g/mol. The van der Waals surface area contributed by atoms with Crippen molar-refractivity contribution < 1.29 is 4.79 Å². The molecule has 10 heavy (non-hydrogen) atoms. The topological polar surface area (TPSA) is 17.1 Å². The van der Waals surface area contributed by atoms with Crippen LogP contribution in [0.5, 0.6) is 0 Å². The third-order valence-electron chi connectivity index (χ3n) is 1.00. The molecule has 1 nitrogen and oxygen atoms in total. The van der Waals surface area contributed by atoms with Crippen LogP contribution < -0.4 is 0 Å². The van der Waals surface area contributed by atoms with Crippen molar-refractivity contribution in [2.45, 2.75) is 0 Å². The number of carbonyl (C=O) groups is 1. The molecule has 0 heterocycles. The Hall–Kier alpha value is -0.340. The predicted octanol–water partition coefficient (Wildman–Crippen LogP) is 2.64. The van der Waals surface area contributed by atoms with E-state index in [2.05, 4.69) is 0 Å². The Balaban J connectivity index is 0.000000810. The summed E-state index contributed by atoms with van der Waals surface area (Å²) in [6.45, 7) is 0. The van der Waals surface area contributed by atoms with Crippen LogP contribution in [0, 0.1) is 0 Å². The molecule has 0 amide bonds. The first-order valence-corrected chi connectivity index (χ1v) is 2.93. The highest BCUT2D eigenvalue weighted by molar-refractivity contribution is 8.93. The number of benzene rings is 1. The molecule has 0 saturated carbocycles. The minimum atomic E-state index is -0.407. The van der Waals surface area contributed by atoms with Crippen LogP contribution >= 0.6 is 28.6 Å². The van der Waals surface area contributed by atoms with Gasteiger partial charge in [0.15, 0.2) is 0 Å².